The van der Waals surface area contributed by atoms with Crippen LogP contribution in [0.15, 0.2) is 12.2 Å². The maximum Gasteiger partial charge on any atom is 0.306 e. The van der Waals surface area contributed by atoms with Gasteiger partial charge in [0.05, 0.1) is 12.3 Å². The molecule has 19 heavy (non-hydrogen) atoms. The van der Waals surface area contributed by atoms with Crippen molar-refractivity contribution in [2.45, 2.75) is 50.9 Å². The highest BCUT2D eigenvalue weighted by Crippen LogP contribution is 2.46. The first-order valence-corrected chi connectivity index (χ1v) is 9.70. The Morgan fingerprint density at radius 3 is 2.63 bits per heavy atom. The monoisotopic (exact) mass is 282 g/mol. The lowest BCUT2D eigenvalue weighted by atomic mass is 9.78. The Hall–Kier alpha value is -0.943. The van der Waals surface area contributed by atoms with E-state index in [0.29, 0.717) is 12.8 Å². The van der Waals surface area contributed by atoms with E-state index in [1.54, 1.807) is 12.2 Å². The van der Waals surface area contributed by atoms with Crippen LogP contribution < -0.4 is 0 Å². The molecule has 2 rings (SSSR count). The third kappa shape index (κ3) is 2.67. The van der Waals surface area contributed by atoms with E-state index in [1.807, 2.05) is 26.9 Å². The summed E-state index contributed by atoms with van der Waals surface area (Å²) < 4.78 is 5.33. The first kappa shape index (κ1) is 14.5. The fraction of sp³-hybridized carbons (Fsp3) is 0.714. The van der Waals surface area contributed by atoms with Crippen molar-refractivity contribution in [3.63, 3.8) is 0 Å². The summed E-state index contributed by atoms with van der Waals surface area (Å²) in [6, 6.07) is 0. The number of hydrogen-bond acceptors (Lipinski definition) is 4. The van der Waals surface area contributed by atoms with Crippen LogP contribution in [0, 0.1) is 11.8 Å². The highest BCUT2D eigenvalue weighted by atomic mass is 28.4. The maximum atomic E-state index is 12.1. The Morgan fingerprint density at radius 2 is 2.05 bits per heavy atom. The first-order chi connectivity index (χ1) is 8.62. The summed E-state index contributed by atoms with van der Waals surface area (Å²) in [7, 11) is -2.38. The van der Waals surface area contributed by atoms with E-state index in [-0.39, 0.29) is 34.7 Å². The lowest BCUT2D eigenvalue weighted by Crippen LogP contribution is -2.44. The van der Waals surface area contributed by atoms with Gasteiger partial charge in [0.2, 0.25) is 0 Å². The van der Waals surface area contributed by atoms with Gasteiger partial charge in [0.25, 0.3) is 0 Å². The van der Waals surface area contributed by atoms with Crippen LogP contribution in [0.2, 0.25) is 18.1 Å². The Kier molecular flexibility index (Phi) is 3.47. The second kappa shape index (κ2) is 4.56. The number of rotatable bonds is 3. The summed E-state index contributed by atoms with van der Waals surface area (Å²) in [5, 5.41) is -0.294. The molecule has 0 aromatic rings. The van der Waals surface area contributed by atoms with E-state index < -0.39 is 8.32 Å². The molecule has 1 fully saturated rings. The van der Waals surface area contributed by atoms with Crippen molar-refractivity contribution in [1.82, 2.24) is 0 Å². The minimum Gasteiger partial charge on any atom is -0.461 e. The number of ether oxygens (including phenoxy) is 1. The normalized spacial score (nSPS) is 31.3. The minimum absolute atomic E-state index is 0.0160. The molecule has 0 aromatic heterocycles. The smallest absolute Gasteiger partial charge is 0.306 e. The number of esters is 1. The number of ketones is 1. The van der Waals surface area contributed by atoms with Crippen LogP contribution in [-0.4, -0.2) is 31.0 Å². The molecular weight excluding hydrogens is 260 g/mol. The van der Waals surface area contributed by atoms with E-state index >= 15 is 0 Å². The summed E-state index contributed by atoms with van der Waals surface area (Å²) in [6.07, 6.45) is 3.98. The molecule has 2 aliphatic rings. The van der Waals surface area contributed by atoms with Crippen LogP contribution in [0.25, 0.3) is 0 Å². The van der Waals surface area contributed by atoms with E-state index in [1.165, 1.54) is 0 Å². The van der Waals surface area contributed by atoms with Gasteiger partial charge in [-0.1, -0.05) is 19.9 Å². The largest absolute Gasteiger partial charge is 0.461 e. The van der Waals surface area contributed by atoms with Gasteiger partial charge in [0, 0.05) is 5.92 Å². The molecule has 0 aromatic carbocycles. The Bertz CT molecular complexity index is 433. The Balaban J connectivity index is 2.21. The molecule has 1 saturated heterocycles. The number of carbonyl (C=O) groups is 2. The fourth-order valence-electron chi connectivity index (χ4n) is 2.67. The van der Waals surface area contributed by atoms with Crippen molar-refractivity contribution in [1.29, 1.82) is 0 Å². The van der Waals surface area contributed by atoms with Gasteiger partial charge in [-0.3, -0.25) is 9.59 Å². The van der Waals surface area contributed by atoms with Gasteiger partial charge in [0.15, 0.2) is 14.1 Å². The topological polar surface area (TPSA) is 63.6 Å². The molecule has 3 atom stereocenters. The van der Waals surface area contributed by atoms with Gasteiger partial charge < -0.3 is 9.53 Å². The second-order valence-corrected chi connectivity index (χ2v) is 11.3. The predicted molar refractivity (Wildman–Crippen MR) is 74.0 cm³/mol. The zero-order valence-electron chi connectivity index (χ0n) is 12.0. The van der Waals surface area contributed by atoms with E-state index in [2.05, 4.69) is 0 Å². The van der Waals surface area contributed by atoms with Crippen LogP contribution in [-0.2, 0) is 14.3 Å². The van der Waals surface area contributed by atoms with E-state index in [4.69, 9.17) is 4.74 Å². The molecule has 0 amide bonds. The average molecular weight is 282 g/mol. The predicted octanol–water partition coefficient (Wildman–Crippen LogP) is 2.04. The third-order valence-corrected chi connectivity index (χ3v) is 8.26. The number of allylic oxidation sites excluding steroid dienone is 1. The summed E-state index contributed by atoms with van der Waals surface area (Å²) in [5.74, 6) is -0.496. The van der Waals surface area contributed by atoms with Crippen molar-refractivity contribution in [2.24, 2.45) is 11.8 Å². The van der Waals surface area contributed by atoms with Crippen molar-refractivity contribution in [3.8, 4) is 0 Å². The molecule has 0 unspecified atom stereocenters. The van der Waals surface area contributed by atoms with Crippen molar-refractivity contribution in [3.05, 3.63) is 12.2 Å². The van der Waals surface area contributed by atoms with Gasteiger partial charge in [-0.2, -0.15) is 0 Å². The second-order valence-electron chi connectivity index (χ2n) is 6.84. The van der Waals surface area contributed by atoms with Crippen LogP contribution >= 0.6 is 0 Å². The number of fused-ring (bicyclic) bond motifs is 1. The maximum absolute atomic E-state index is 12.1. The molecule has 0 saturated carbocycles. The van der Waals surface area contributed by atoms with Crippen LogP contribution in [0.4, 0.5) is 0 Å². The Morgan fingerprint density at radius 1 is 1.42 bits per heavy atom. The molecule has 106 valence electrons. The quantitative estimate of drug-likeness (QED) is 0.635. The van der Waals surface area contributed by atoms with Gasteiger partial charge in [-0.25, -0.2) is 0 Å². The highest BCUT2D eigenvalue weighted by Gasteiger charge is 2.48. The molecule has 0 bridgehead atoms. The van der Waals surface area contributed by atoms with Crippen molar-refractivity contribution < 1.29 is 19.1 Å². The molecule has 5 heteroatoms. The van der Waals surface area contributed by atoms with E-state index in [9.17, 15) is 14.4 Å². The highest BCUT2D eigenvalue weighted by molar-refractivity contribution is 6.72. The zero-order chi connectivity index (χ0) is 14.4. The summed E-state index contributed by atoms with van der Waals surface area (Å²) in [5.41, 5.74) is 0. The van der Waals surface area contributed by atoms with E-state index in [0.717, 1.165) is 0 Å². The van der Waals surface area contributed by atoms with Crippen LogP contribution in [0.5, 0.6) is 0 Å². The van der Waals surface area contributed by atoms with Gasteiger partial charge in [0.1, 0.15) is 6.10 Å². The van der Waals surface area contributed by atoms with Crippen LogP contribution in [0.3, 0.4) is 0 Å². The zero-order valence-corrected chi connectivity index (χ0v) is 13.0. The minimum atomic E-state index is -2.38. The average Bonchev–Trinajstić information content (AvgIpc) is 2.62. The van der Waals surface area contributed by atoms with Crippen molar-refractivity contribution in [2.75, 3.05) is 0 Å². The summed E-state index contributed by atoms with van der Waals surface area (Å²) in [6.45, 7) is 7.76. The third-order valence-electron chi connectivity index (χ3n) is 4.75. The fourth-order valence-corrected chi connectivity index (χ4v) is 3.39. The first-order valence-electron chi connectivity index (χ1n) is 6.76. The van der Waals surface area contributed by atoms with Gasteiger partial charge in [-0.05, 0) is 30.6 Å². The molecular formula is C14H22O4Si. The molecule has 0 radical (unpaired) electrons. The molecule has 1 N–H and O–H groups in total. The number of carbonyl (C=O) groups excluding carboxylic acids is 2. The molecule has 1 aliphatic carbocycles. The summed E-state index contributed by atoms with van der Waals surface area (Å²) >= 11 is 0. The molecule has 0 spiro atoms. The van der Waals surface area contributed by atoms with Crippen LogP contribution in [0.1, 0.15) is 26.7 Å². The SMILES string of the molecule is CC(C)(C[C@@H]1C(=O)C=C[C@@H]2CC(=O)O[C@@H]21)[Si](C)(C)O. The molecule has 1 heterocycles. The lowest BCUT2D eigenvalue weighted by molar-refractivity contribution is -0.145. The van der Waals surface area contributed by atoms with Gasteiger partial charge in [-0.15, -0.1) is 0 Å². The van der Waals surface area contributed by atoms with Gasteiger partial charge >= 0.3 is 5.97 Å². The number of hydrogen-bond donors (Lipinski definition) is 1. The molecule has 1 aliphatic heterocycles. The standard InChI is InChI=1S/C14H22O4Si/c1-14(2,19(3,4)17)8-10-11(15)6-5-9-7-12(16)18-13(9)10/h5-6,9-10,13,17H,7-8H2,1-4H3/t9-,10-,13+/m1/s1. The lowest BCUT2D eigenvalue weighted by Gasteiger charge is -2.39. The Labute approximate surface area is 115 Å². The molecule has 4 nitrogen and oxygen atoms in total. The van der Waals surface area contributed by atoms with Crippen molar-refractivity contribution >= 4 is 20.1 Å². The summed E-state index contributed by atoms with van der Waals surface area (Å²) in [4.78, 5) is 33.9.